The van der Waals surface area contributed by atoms with Gasteiger partial charge in [0, 0.05) is 27.9 Å². The highest BCUT2D eigenvalue weighted by Crippen LogP contribution is 2.40. The maximum Gasteiger partial charge on any atom is 0.129 e. The maximum absolute atomic E-state index is 6.15. The third-order valence-electron chi connectivity index (χ3n) is 4.28. The van der Waals surface area contributed by atoms with Crippen LogP contribution in [0.25, 0.3) is 5.57 Å². The van der Waals surface area contributed by atoms with Gasteiger partial charge in [0.05, 0.1) is 5.69 Å². The summed E-state index contributed by atoms with van der Waals surface area (Å²) in [5, 5.41) is 4.12. The minimum absolute atomic E-state index is 0.533. The van der Waals surface area contributed by atoms with E-state index in [1.54, 1.807) is 0 Å². The van der Waals surface area contributed by atoms with Crippen LogP contribution in [0.2, 0.25) is 5.02 Å². The highest BCUT2D eigenvalue weighted by Gasteiger charge is 2.24. The van der Waals surface area contributed by atoms with Crippen LogP contribution in [0.3, 0.4) is 0 Å². The van der Waals surface area contributed by atoms with E-state index < -0.39 is 0 Å². The molecule has 0 saturated carbocycles. The van der Waals surface area contributed by atoms with E-state index in [1.807, 2.05) is 24.4 Å². The van der Waals surface area contributed by atoms with Gasteiger partial charge in [-0.1, -0.05) is 23.2 Å². The number of pyridine rings is 1. The molecule has 3 heterocycles. The predicted octanol–water partition coefficient (Wildman–Crippen LogP) is 3.81. The lowest BCUT2D eigenvalue weighted by molar-refractivity contribution is 0.307. The Morgan fingerprint density at radius 2 is 2.00 bits per heavy atom. The van der Waals surface area contributed by atoms with E-state index in [2.05, 4.69) is 22.4 Å². The topological polar surface area (TPSA) is 34.1 Å². The van der Waals surface area contributed by atoms with Gasteiger partial charge in [-0.2, -0.15) is 0 Å². The Balaban J connectivity index is 1.98. The molecular formula is C18H17ClN2O. The molecule has 22 heavy (non-hydrogen) atoms. The first-order valence-corrected chi connectivity index (χ1v) is 8.00. The van der Waals surface area contributed by atoms with Crippen LogP contribution < -0.4 is 10.1 Å². The number of hydrogen-bond acceptors (Lipinski definition) is 3. The number of rotatable bonds is 0. The summed E-state index contributed by atoms with van der Waals surface area (Å²) in [5.41, 5.74) is 5.99. The minimum atomic E-state index is 0.533. The van der Waals surface area contributed by atoms with E-state index in [9.17, 15) is 0 Å². The zero-order chi connectivity index (χ0) is 14.9. The number of hydrogen-bond donors (Lipinski definition) is 1. The molecule has 1 fully saturated rings. The number of piperidine rings is 1. The molecule has 4 rings (SSSR count). The fraction of sp³-hybridized carbons (Fsp3) is 0.278. The summed E-state index contributed by atoms with van der Waals surface area (Å²) < 4.78 is 6.00. The number of benzene rings is 1. The second kappa shape index (κ2) is 5.75. The molecule has 2 aliphatic rings. The summed E-state index contributed by atoms with van der Waals surface area (Å²) in [6, 6.07) is 9.96. The molecule has 0 atom stereocenters. The average molecular weight is 313 g/mol. The zero-order valence-corrected chi connectivity index (χ0v) is 13.0. The predicted molar refractivity (Wildman–Crippen MR) is 88.1 cm³/mol. The Hall–Kier alpha value is -1.84. The van der Waals surface area contributed by atoms with Crippen molar-refractivity contribution in [3.8, 4) is 5.75 Å². The summed E-state index contributed by atoms with van der Waals surface area (Å²) in [7, 11) is 0. The molecule has 3 nitrogen and oxygen atoms in total. The van der Waals surface area contributed by atoms with E-state index in [0.717, 1.165) is 48.5 Å². The van der Waals surface area contributed by atoms with Crippen LogP contribution in [-0.2, 0) is 6.61 Å². The van der Waals surface area contributed by atoms with Crippen molar-refractivity contribution in [3.63, 3.8) is 0 Å². The third-order valence-corrected chi connectivity index (χ3v) is 4.52. The molecule has 2 aliphatic heterocycles. The maximum atomic E-state index is 6.15. The minimum Gasteiger partial charge on any atom is -0.488 e. The SMILES string of the molecule is Clc1ccc2c(c1)OCc1cccnc1C2=C1CCNCC1. The van der Waals surface area contributed by atoms with E-state index in [0.29, 0.717) is 11.6 Å². The summed E-state index contributed by atoms with van der Waals surface area (Å²) in [6.45, 7) is 2.57. The monoisotopic (exact) mass is 312 g/mol. The van der Waals surface area contributed by atoms with Crippen molar-refractivity contribution < 1.29 is 4.74 Å². The number of nitrogens with zero attached hydrogens (tertiary/aromatic N) is 1. The number of halogens is 1. The quantitative estimate of drug-likeness (QED) is 0.803. The van der Waals surface area contributed by atoms with Crippen LogP contribution in [0.4, 0.5) is 0 Å². The Kier molecular flexibility index (Phi) is 3.60. The fourth-order valence-electron chi connectivity index (χ4n) is 3.22. The average Bonchev–Trinajstić information content (AvgIpc) is 2.72. The van der Waals surface area contributed by atoms with E-state index in [1.165, 1.54) is 11.1 Å². The number of nitrogens with one attached hydrogen (secondary N) is 1. The van der Waals surface area contributed by atoms with Gasteiger partial charge >= 0.3 is 0 Å². The highest BCUT2D eigenvalue weighted by atomic mass is 35.5. The van der Waals surface area contributed by atoms with Gasteiger partial charge in [-0.15, -0.1) is 0 Å². The first-order valence-electron chi connectivity index (χ1n) is 7.62. The summed E-state index contributed by atoms with van der Waals surface area (Å²) >= 11 is 6.15. The van der Waals surface area contributed by atoms with Gasteiger partial charge in [-0.05, 0) is 50.2 Å². The van der Waals surface area contributed by atoms with Crippen molar-refractivity contribution in [2.75, 3.05) is 13.1 Å². The Morgan fingerprint density at radius 3 is 2.86 bits per heavy atom. The molecule has 1 saturated heterocycles. The Labute approximate surface area is 135 Å². The number of fused-ring (bicyclic) bond motifs is 2. The van der Waals surface area contributed by atoms with Crippen LogP contribution >= 0.6 is 11.6 Å². The molecule has 0 bridgehead atoms. The molecule has 0 radical (unpaired) electrons. The highest BCUT2D eigenvalue weighted by molar-refractivity contribution is 6.30. The lowest BCUT2D eigenvalue weighted by atomic mass is 9.89. The number of aromatic nitrogens is 1. The van der Waals surface area contributed by atoms with Crippen molar-refractivity contribution in [2.45, 2.75) is 19.4 Å². The molecule has 0 unspecified atom stereocenters. The smallest absolute Gasteiger partial charge is 0.129 e. The van der Waals surface area contributed by atoms with Crippen LogP contribution in [0.1, 0.15) is 29.7 Å². The fourth-order valence-corrected chi connectivity index (χ4v) is 3.38. The van der Waals surface area contributed by atoms with Crippen LogP contribution in [0.5, 0.6) is 5.75 Å². The summed E-state index contributed by atoms with van der Waals surface area (Å²) in [6.07, 6.45) is 3.96. The summed E-state index contributed by atoms with van der Waals surface area (Å²) in [5.74, 6) is 0.853. The first kappa shape index (κ1) is 13.8. The molecule has 2 aromatic rings. The van der Waals surface area contributed by atoms with Crippen molar-refractivity contribution in [1.82, 2.24) is 10.3 Å². The first-order chi connectivity index (χ1) is 10.8. The molecule has 0 aliphatic carbocycles. The largest absolute Gasteiger partial charge is 0.488 e. The molecule has 0 amide bonds. The van der Waals surface area contributed by atoms with Crippen LogP contribution in [-0.4, -0.2) is 18.1 Å². The zero-order valence-electron chi connectivity index (χ0n) is 12.2. The van der Waals surface area contributed by atoms with Gasteiger partial charge in [0.1, 0.15) is 12.4 Å². The molecule has 1 aromatic heterocycles. The van der Waals surface area contributed by atoms with Crippen LogP contribution in [0.15, 0.2) is 42.1 Å². The van der Waals surface area contributed by atoms with Gasteiger partial charge in [0.2, 0.25) is 0 Å². The number of ether oxygens (including phenoxy) is 1. The van der Waals surface area contributed by atoms with Crippen molar-refractivity contribution in [2.24, 2.45) is 0 Å². The lowest BCUT2D eigenvalue weighted by Gasteiger charge is -2.21. The molecule has 112 valence electrons. The van der Waals surface area contributed by atoms with E-state index in [4.69, 9.17) is 16.3 Å². The van der Waals surface area contributed by atoms with Gasteiger partial charge in [0.15, 0.2) is 0 Å². The van der Waals surface area contributed by atoms with Crippen molar-refractivity contribution >= 4 is 17.2 Å². The van der Waals surface area contributed by atoms with Gasteiger partial charge in [0.25, 0.3) is 0 Å². The molecule has 0 spiro atoms. The van der Waals surface area contributed by atoms with Crippen molar-refractivity contribution in [1.29, 1.82) is 0 Å². The lowest BCUT2D eigenvalue weighted by Crippen LogP contribution is -2.24. The van der Waals surface area contributed by atoms with E-state index in [-0.39, 0.29) is 0 Å². The molecule has 4 heteroatoms. The normalized spacial score (nSPS) is 17.3. The molecule has 1 N–H and O–H groups in total. The standard InChI is InChI=1S/C18H17ClN2O/c19-14-3-4-15-16(10-14)22-11-13-2-1-7-21-18(13)17(15)12-5-8-20-9-6-12/h1-4,7,10,20H,5-6,8-9,11H2. The van der Waals surface area contributed by atoms with E-state index >= 15 is 0 Å². The van der Waals surface area contributed by atoms with Crippen LogP contribution in [0, 0.1) is 0 Å². The third kappa shape index (κ3) is 2.40. The van der Waals surface area contributed by atoms with Crippen molar-refractivity contribution in [3.05, 3.63) is 63.9 Å². The molecular weight excluding hydrogens is 296 g/mol. The van der Waals surface area contributed by atoms with Gasteiger partial charge < -0.3 is 10.1 Å². The Bertz CT molecular complexity index is 747. The second-order valence-corrected chi connectivity index (χ2v) is 6.11. The second-order valence-electron chi connectivity index (χ2n) is 5.67. The summed E-state index contributed by atoms with van der Waals surface area (Å²) in [4.78, 5) is 4.67. The van der Waals surface area contributed by atoms with Gasteiger partial charge in [-0.3, -0.25) is 4.98 Å². The Morgan fingerprint density at radius 1 is 1.14 bits per heavy atom. The molecule has 1 aromatic carbocycles. The van der Waals surface area contributed by atoms with Gasteiger partial charge in [-0.25, -0.2) is 0 Å².